The summed E-state index contributed by atoms with van der Waals surface area (Å²) < 4.78 is 18.5. The minimum atomic E-state index is -0.872. The van der Waals surface area contributed by atoms with Crippen LogP contribution in [-0.4, -0.2) is 36.0 Å². The number of hydrogen-bond acceptors (Lipinski definition) is 5. The molecule has 0 radical (unpaired) electrons. The second-order valence-electron chi connectivity index (χ2n) is 3.98. The van der Waals surface area contributed by atoms with Gasteiger partial charge in [-0.1, -0.05) is 12.1 Å². The predicted molar refractivity (Wildman–Crippen MR) is 66.0 cm³/mol. The minimum Gasteiger partial charge on any atom is -0.465 e. The van der Waals surface area contributed by atoms with Crippen molar-refractivity contribution in [3.05, 3.63) is 39.7 Å². The third kappa shape index (κ3) is 4.29. The monoisotopic (exact) mass is 270 g/mol. The molecule has 19 heavy (non-hydrogen) atoms. The number of nitro benzene ring substituents is 1. The molecule has 0 aliphatic heterocycles. The van der Waals surface area contributed by atoms with Gasteiger partial charge in [-0.2, -0.15) is 4.39 Å². The first-order valence-electron chi connectivity index (χ1n) is 5.71. The van der Waals surface area contributed by atoms with Crippen molar-refractivity contribution in [3.8, 4) is 0 Å². The van der Waals surface area contributed by atoms with Crippen LogP contribution >= 0.6 is 0 Å². The van der Waals surface area contributed by atoms with E-state index in [2.05, 4.69) is 0 Å². The highest BCUT2D eigenvalue weighted by atomic mass is 19.1. The van der Waals surface area contributed by atoms with E-state index in [1.54, 1.807) is 14.0 Å². The maximum atomic E-state index is 13.8. The van der Waals surface area contributed by atoms with Crippen LogP contribution in [0.2, 0.25) is 0 Å². The van der Waals surface area contributed by atoms with Crippen molar-refractivity contribution in [2.75, 3.05) is 20.2 Å². The number of halogens is 1. The van der Waals surface area contributed by atoms with Crippen molar-refractivity contribution in [1.82, 2.24) is 4.90 Å². The zero-order valence-electron chi connectivity index (χ0n) is 10.8. The van der Waals surface area contributed by atoms with Crippen LogP contribution in [0.25, 0.3) is 0 Å². The van der Waals surface area contributed by atoms with Crippen LogP contribution in [0.4, 0.5) is 10.1 Å². The van der Waals surface area contributed by atoms with Gasteiger partial charge in [0.2, 0.25) is 5.82 Å². The summed E-state index contributed by atoms with van der Waals surface area (Å²) in [5.74, 6) is -1.29. The number of likely N-dealkylation sites (N-methyl/N-ethyl adjacent to an activating group) is 1. The quantitative estimate of drug-likeness (QED) is 0.447. The number of benzene rings is 1. The molecule has 0 aliphatic carbocycles. The first-order valence-corrected chi connectivity index (χ1v) is 5.71. The lowest BCUT2D eigenvalue weighted by Crippen LogP contribution is -2.27. The molecule has 1 rings (SSSR count). The van der Waals surface area contributed by atoms with Crippen LogP contribution < -0.4 is 0 Å². The van der Waals surface area contributed by atoms with E-state index in [1.165, 1.54) is 17.0 Å². The molecule has 0 saturated heterocycles. The number of nitrogens with zero attached hydrogens (tertiary/aromatic N) is 2. The molecule has 1 aromatic rings. The van der Waals surface area contributed by atoms with Gasteiger partial charge in [-0.25, -0.2) is 0 Å². The van der Waals surface area contributed by atoms with Gasteiger partial charge in [0.25, 0.3) is 0 Å². The number of rotatable bonds is 6. The summed E-state index contributed by atoms with van der Waals surface area (Å²) in [5.41, 5.74) is -0.400. The van der Waals surface area contributed by atoms with Crippen molar-refractivity contribution in [2.24, 2.45) is 0 Å². The Bertz CT molecular complexity index is 479. The molecule has 0 spiro atoms. The van der Waals surface area contributed by atoms with Gasteiger partial charge in [0.05, 0.1) is 18.1 Å². The molecule has 0 fully saturated rings. The van der Waals surface area contributed by atoms with Crippen LogP contribution in [-0.2, 0) is 16.1 Å². The molecule has 6 nitrogen and oxygen atoms in total. The molecular weight excluding hydrogens is 255 g/mol. The van der Waals surface area contributed by atoms with Crippen LogP contribution in [0.1, 0.15) is 12.5 Å². The Morgan fingerprint density at radius 1 is 1.53 bits per heavy atom. The van der Waals surface area contributed by atoms with Gasteiger partial charge in [-0.15, -0.1) is 0 Å². The third-order valence-corrected chi connectivity index (χ3v) is 2.40. The summed E-state index contributed by atoms with van der Waals surface area (Å²) in [6.07, 6.45) is 0. The third-order valence-electron chi connectivity index (χ3n) is 2.40. The average molecular weight is 270 g/mol. The molecule has 0 unspecified atom stereocenters. The lowest BCUT2D eigenvalue weighted by molar-refractivity contribution is -0.387. The standard InChI is InChI=1S/C12H15FN2O4/c1-3-19-11(16)8-14(2)7-9-5-4-6-10(12(9)13)15(17)18/h4-6H,3,7-8H2,1-2H3. The van der Waals surface area contributed by atoms with E-state index in [-0.39, 0.29) is 25.3 Å². The zero-order valence-corrected chi connectivity index (χ0v) is 10.8. The summed E-state index contributed by atoms with van der Waals surface area (Å²) in [5, 5.41) is 10.6. The van der Waals surface area contributed by atoms with E-state index in [0.717, 1.165) is 6.07 Å². The van der Waals surface area contributed by atoms with Gasteiger partial charge >= 0.3 is 11.7 Å². The fourth-order valence-corrected chi connectivity index (χ4v) is 1.60. The number of hydrogen-bond donors (Lipinski definition) is 0. The lowest BCUT2D eigenvalue weighted by atomic mass is 10.1. The predicted octanol–water partition coefficient (Wildman–Crippen LogP) is 1.73. The molecule has 104 valence electrons. The molecule has 0 bridgehead atoms. The largest absolute Gasteiger partial charge is 0.465 e. The van der Waals surface area contributed by atoms with E-state index in [1.807, 2.05) is 0 Å². The summed E-state index contributed by atoms with van der Waals surface area (Å²) in [6, 6.07) is 3.96. The Labute approximate surface area is 109 Å². The Hall–Kier alpha value is -2.02. The summed E-state index contributed by atoms with van der Waals surface area (Å²) in [4.78, 5) is 22.6. The Balaban J connectivity index is 2.74. The molecule has 0 aliphatic rings. The van der Waals surface area contributed by atoms with Crippen molar-refractivity contribution in [2.45, 2.75) is 13.5 Å². The highest BCUT2D eigenvalue weighted by molar-refractivity contribution is 5.71. The summed E-state index contributed by atoms with van der Waals surface area (Å²) >= 11 is 0. The maximum Gasteiger partial charge on any atom is 0.320 e. The van der Waals surface area contributed by atoms with Crippen molar-refractivity contribution >= 4 is 11.7 Å². The highest BCUT2D eigenvalue weighted by Gasteiger charge is 2.18. The number of nitro groups is 1. The first-order chi connectivity index (χ1) is 8.95. The van der Waals surface area contributed by atoms with Gasteiger partial charge in [0, 0.05) is 18.2 Å². The van der Waals surface area contributed by atoms with Gasteiger partial charge in [0.1, 0.15) is 0 Å². The van der Waals surface area contributed by atoms with Crippen molar-refractivity contribution < 1.29 is 18.8 Å². The molecule has 0 saturated carbocycles. The van der Waals surface area contributed by atoms with Crippen LogP contribution in [0.3, 0.4) is 0 Å². The second kappa shape index (κ2) is 6.79. The van der Waals surface area contributed by atoms with Crippen LogP contribution in [0, 0.1) is 15.9 Å². The molecule has 0 amide bonds. The fraction of sp³-hybridized carbons (Fsp3) is 0.417. The van der Waals surface area contributed by atoms with Crippen LogP contribution in [0.5, 0.6) is 0 Å². The summed E-state index contributed by atoms with van der Waals surface area (Å²) in [6.45, 7) is 2.05. The smallest absolute Gasteiger partial charge is 0.320 e. The normalized spacial score (nSPS) is 10.5. The number of carbonyl (C=O) groups is 1. The SMILES string of the molecule is CCOC(=O)CN(C)Cc1cccc([N+](=O)[O-])c1F. The number of esters is 1. The van der Waals surface area contributed by atoms with E-state index >= 15 is 0 Å². The van der Waals surface area contributed by atoms with E-state index in [9.17, 15) is 19.3 Å². The Morgan fingerprint density at radius 2 is 2.21 bits per heavy atom. The molecule has 0 atom stereocenters. The highest BCUT2D eigenvalue weighted by Crippen LogP contribution is 2.20. The van der Waals surface area contributed by atoms with Crippen molar-refractivity contribution in [3.63, 3.8) is 0 Å². The van der Waals surface area contributed by atoms with Gasteiger partial charge in [-0.3, -0.25) is 19.8 Å². The molecule has 0 N–H and O–H groups in total. The van der Waals surface area contributed by atoms with E-state index < -0.39 is 22.4 Å². The maximum absolute atomic E-state index is 13.8. The second-order valence-corrected chi connectivity index (χ2v) is 3.98. The average Bonchev–Trinajstić information content (AvgIpc) is 2.31. The lowest BCUT2D eigenvalue weighted by Gasteiger charge is -2.15. The number of ether oxygens (including phenoxy) is 1. The van der Waals surface area contributed by atoms with Crippen LogP contribution in [0.15, 0.2) is 18.2 Å². The Morgan fingerprint density at radius 3 is 2.79 bits per heavy atom. The first kappa shape index (κ1) is 15.0. The van der Waals surface area contributed by atoms with E-state index in [0.29, 0.717) is 0 Å². The molecular formula is C12H15FN2O4. The number of carbonyl (C=O) groups excluding carboxylic acids is 1. The van der Waals surface area contributed by atoms with Gasteiger partial charge in [-0.05, 0) is 14.0 Å². The zero-order chi connectivity index (χ0) is 14.4. The van der Waals surface area contributed by atoms with Gasteiger partial charge < -0.3 is 4.74 Å². The topological polar surface area (TPSA) is 72.7 Å². The summed E-state index contributed by atoms with van der Waals surface area (Å²) in [7, 11) is 1.61. The molecule has 7 heteroatoms. The van der Waals surface area contributed by atoms with Crippen molar-refractivity contribution in [1.29, 1.82) is 0 Å². The van der Waals surface area contributed by atoms with E-state index in [4.69, 9.17) is 4.74 Å². The minimum absolute atomic E-state index is 0.00400. The Kier molecular flexibility index (Phi) is 5.37. The fourth-order valence-electron chi connectivity index (χ4n) is 1.60. The molecule has 0 aromatic heterocycles. The molecule has 1 aromatic carbocycles. The van der Waals surface area contributed by atoms with Gasteiger partial charge in [0.15, 0.2) is 0 Å². The molecule has 0 heterocycles.